The predicted octanol–water partition coefficient (Wildman–Crippen LogP) is 2.92. The second-order valence-electron chi connectivity index (χ2n) is 6.81. The minimum Gasteiger partial charge on any atom is -0.486 e. The summed E-state index contributed by atoms with van der Waals surface area (Å²) in [5.74, 6) is 0.0311. The van der Waals surface area contributed by atoms with Crippen LogP contribution in [0, 0.1) is 0 Å². The molecule has 0 saturated carbocycles. The van der Waals surface area contributed by atoms with Crippen molar-refractivity contribution in [3.63, 3.8) is 0 Å². The molecule has 0 unspecified atom stereocenters. The number of carbonyl (C=O) groups excluding carboxylic acids is 2. The quantitative estimate of drug-likeness (QED) is 0.731. The van der Waals surface area contributed by atoms with Crippen LogP contribution in [-0.4, -0.2) is 35.7 Å². The molecule has 1 aromatic heterocycles. The summed E-state index contributed by atoms with van der Waals surface area (Å²) in [5.41, 5.74) is 0.631. The number of hydrogen-bond acceptors (Lipinski definition) is 5. The van der Waals surface area contributed by atoms with E-state index < -0.39 is 11.7 Å². The molecular formula is C20H25N3O4. The molecule has 0 bridgehead atoms. The summed E-state index contributed by atoms with van der Waals surface area (Å²) in [7, 11) is 0. The van der Waals surface area contributed by atoms with Crippen molar-refractivity contribution in [3.05, 3.63) is 59.9 Å². The monoisotopic (exact) mass is 371 g/mol. The van der Waals surface area contributed by atoms with Crippen LogP contribution >= 0.6 is 0 Å². The molecule has 0 atom stereocenters. The third-order valence-electron chi connectivity index (χ3n) is 3.30. The Bertz CT molecular complexity index is 757. The van der Waals surface area contributed by atoms with Gasteiger partial charge in [-0.2, -0.15) is 0 Å². The second-order valence-corrected chi connectivity index (χ2v) is 6.81. The molecule has 2 aromatic rings. The number of ether oxygens (including phenoxy) is 2. The fourth-order valence-electron chi connectivity index (χ4n) is 2.15. The summed E-state index contributed by atoms with van der Waals surface area (Å²) >= 11 is 0. The number of benzene rings is 1. The smallest absolute Gasteiger partial charge is 0.407 e. The van der Waals surface area contributed by atoms with E-state index in [0.29, 0.717) is 12.4 Å². The van der Waals surface area contributed by atoms with Crippen LogP contribution in [0.2, 0.25) is 0 Å². The average Bonchev–Trinajstić information content (AvgIpc) is 2.63. The van der Waals surface area contributed by atoms with E-state index in [9.17, 15) is 9.59 Å². The molecule has 2 rings (SSSR count). The van der Waals surface area contributed by atoms with E-state index in [1.54, 1.807) is 32.9 Å². The zero-order valence-corrected chi connectivity index (χ0v) is 15.8. The van der Waals surface area contributed by atoms with Gasteiger partial charge in [0.25, 0.3) is 5.91 Å². The fourth-order valence-corrected chi connectivity index (χ4v) is 2.15. The molecule has 7 nitrogen and oxygen atoms in total. The molecule has 0 aliphatic carbocycles. The Morgan fingerprint density at radius 2 is 1.70 bits per heavy atom. The number of pyridine rings is 1. The van der Waals surface area contributed by atoms with Crippen molar-refractivity contribution in [1.82, 2.24) is 15.6 Å². The van der Waals surface area contributed by atoms with Gasteiger partial charge in [0, 0.05) is 19.3 Å². The maximum atomic E-state index is 12.4. The van der Waals surface area contributed by atoms with Crippen molar-refractivity contribution >= 4 is 12.0 Å². The lowest BCUT2D eigenvalue weighted by Crippen LogP contribution is -2.38. The van der Waals surface area contributed by atoms with Gasteiger partial charge in [0.15, 0.2) is 11.4 Å². The summed E-state index contributed by atoms with van der Waals surface area (Å²) in [6, 6.07) is 13.1. The van der Waals surface area contributed by atoms with E-state index in [1.165, 1.54) is 6.20 Å². The van der Waals surface area contributed by atoms with E-state index in [-0.39, 0.29) is 24.7 Å². The topological polar surface area (TPSA) is 89.6 Å². The second kappa shape index (κ2) is 9.56. The Labute approximate surface area is 159 Å². The molecule has 2 amide bonds. The fraction of sp³-hybridized carbons (Fsp3) is 0.350. The number of nitrogens with one attached hydrogen (secondary N) is 2. The normalized spacial score (nSPS) is 10.8. The van der Waals surface area contributed by atoms with Crippen LogP contribution in [-0.2, 0) is 11.3 Å². The number of hydrogen-bond donors (Lipinski definition) is 2. The highest BCUT2D eigenvalue weighted by Crippen LogP contribution is 2.17. The lowest BCUT2D eigenvalue weighted by molar-refractivity contribution is 0.0526. The molecule has 2 N–H and O–H groups in total. The number of nitrogens with zero attached hydrogens (tertiary/aromatic N) is 1. The molecule has 0 aliphatic heterocycles. The highest BCUT2D eigenvalue weighted by molar-refractivity contribution is 5.94. The number of alkyl carbamates (subject to hydrolysis) is 1. The third-order valence-corrected chi connectivity index (χ3v) is 3.30. The van der Waals surface area contributed by atoms with Gasteiger partial charge in [-0.25, -0.2) is 9.78 Å². The van der Waals surface area contributed by atoms with Crippen molar-refractivity contribution in [2.45, 2.75) is 33.0 Å². The maximum Gasteiger partial charge on any atom is 0.407 e. The molecular weight excluding hydrogens is 346 g/mol. The Morgan fingerprint density at radius 3 is 2.41 bits per heavy atom. The van der Waals surface area contributed by atoms with Crippen LogP contribution in [0.1, 0.15) is 36.8 Å². The molecule has 144 valence electrons. The first-order chi connectivity index (χ1) is 12.8. The summed E-state index contributed by atoms with van der Waals surface area (Å²) in [6.45, 7) is 6.18. The zero-order valence-electron chi connectivity index (χ0n) is 15.8. The highest BCUT2D eigenvalue weighted by Gasteiger charge is 2.16. The lowest BCUT2D eigenvalue weighted by atomic mass is 10.2. The molecule has 0 radical (unpaired) electrons. The van der Waals surface area contributed by atoms with Crippen molar-refractivity contribution in [1.29, 1.82) is 0 Å². The van der Waals surface area contributed by atoms with Gasteiger partial charge in [-0.05, 0) is 38.5 Å². The van der Waals surface area contributed by atoms with Crippen LogP contribution < -0.4 is 15.4 Å². The van der Waals surface area contributed by atoms with Crippen molar-refractivity contribution < 1.29 is 19.1 Å². The number of carbonyl (C=O) groups is 2. The standard InChI is InChI=1S/C20H25N3O4/c1-20(2,3)27-19(25)23-13-12-22-18(24)17-16(10-7-11-21-17)26-14-15-8-5-4-6-9-15/h4-11H,12-14H2,1-3H3,(H,22,24)(H,23,25). The summed E-state index contributed by atoms with van der Waals surface area (Å²) in [6.07, 6.45) is 1.00. The first kappa shape index (κ1) is 20.2. The van der Waals surface area contributed by atoms with E-state index in [0.717, 1.165) is 5.56 Å². The Balaban J connectivity index is 1.83. The van der Waals surface area contributed by atoms with E-state index in [1.807, 2.05) is 30.3 Å². The van der Waals surface area contributed by atoms with Gasteiger partial charge >= 0.3 is 6.09 Å². The van der Waals surface area contributed by atoms with Gasteiger partial charge < -0.3 is 20.1 Å². The summed E-state index contributed by atoms with van der Waals surface area (Å²) in [5, 5.41) is 5.28. The van der Waals surface area contributed by atoms with Crippen LogP contribution in [0.15, 0.2) is 48.7 Å². The molecule has 0 aliphatic rings. The maximum absolute atomic E-state index is 12.4. The molecule has 27 heavy (non-hydrogen) atoms. The predicted molar refractivity (Wildman–Crippen MR) is 102 cm³/mol. The van der Waals surface area contributed by atoms with Crippen molar-refractivity contribution in [2.24, 2.45) is 0 Å². The zero-order chi connectivity index (χ0) is 19.7. The van der Waals surface area contributed by atoms with Crippen LogP contribution in [0.25, 0.3) is 0 Å². The molecule has 1 heterocycles. The van der Waals surface area contributed by atoms with Crippen LogP contribution in [0.5, 0.6) is 5.75 Å². The minimum atomic E-state index is -0.563. The minimum absolute atomic E-state index is 0.200. The summed E-state index contributed by atoms with van der Waals surface area (Å²) in [4.78, 5) is 28.0. The number of aromatic nitrogens is 1. The van der Waals surface area contributed by atoms with E-state index >= 15 is 0 Å². The largest absolute Gasteiger partial charge is 0.486 e. The first-order valence-corrected chi connectivity index (χ1v) is 8.72. The van der Waals surface area contributed by atoms with Gasteiger partial charge in [-0.1, -0.05) is 30.3 Å². The van der Waals surface area contributed by atoms with Crippen LogP contribution in [0.3, 0.4) is 0 Å². The van der Waals surface area contributed by atoms with Gasteiger partial charge in [0.1, 0.15) is 12.2 Å². The molecule has 0 spiro atoms. The molecule has 1 aromatic carbocycles. The molecule has 0 fully saturated rings. The third kappa shape index (κ3) is 7.35. The molecule has 0 saturated heterocycles. The Morgan fingerprint density at radius 1 is 1.00 bits per heavy atom. The highest BCUT2D eigenvalue weighted by atomic mass is 16.6. The van der Waals surface area contributed by atoms with E-state index in [4.69, 9.17) is 9.47 Å². The van der Waals surface area contributed by atoms with Crippen molar-refractivity contribution in [3.8, 4) is 5.75 Å². The Kier molecular flexibility index (Phi) is 7.16. The van der Waals surface area contributed by atoms with Gasteiger partial charge in [0.05, 0.1) is 0 Å². The van der Waals surface area contributed by atoms with Gasteiger partial charge in [-0.3, -0.25) is 4.79 Å². The first-order valence-electron chi connectivity index (χ1n) is 8.72. The molecule has 7 heteroatoms. The number of rotatable bonds is 7. The lowest BCUT2D eigenvalue weighted by Gasteiger charge is -2.19. The van der Waals surface area contributed by atoms with Gasteiger partial charge in [0.2, 0.25) is 0 Å². The van der Waals surface area contributed by atoms with E-state index in [2.05, 4.69) is 15.6 Å². The number of amides is 2. The summed E-state index contributed by atoms with van der Waals surface area (Å²) < 4.78 is 10.9. The average molecular weight is 371 g/mol. The Hall–Kier alpha value is -3.09. The SMILES string of the molecule is CC(C)(C)OC(=O)NCCNC(=O)c1ncccc1OCc1ccccc1. The van der Waals surface area contributed by atoms with Crippen LogP contribution in [0.4, 0.5) is 4.79 Å². The van der Waals surface area contributed by atoms with Crippen molar-refractivity contribution in [2.75, 3.05) is 13.1 Å². The van der Waals surface area contributed by atoms with Gasteiger partial charge in [-0.15, -0.1) is 0 Å².